The largest absolute Gasteiger partial charge is 0.381 e. The van der Waals surface area contributed by atoms with Crippen molar-refractivity contribution in [2.24, 2.45) is 46.4 Å². The van der Waals surface area contributed by atoms with Gasteiger partial charge in [-0.15, -0.1) is 0 Å². The Morgan fingerprint density at radius 2 is 1.97 bits per heavy atom. The third-order valence-corrected chi connectivity index (χ3v) is 10.3. The van der Waals surface area contributed by atoms with Crippen LogP contribution in [0.15, 0.2) is 51.2 Å². The molecule has 0 bridgehead atoms. The van der Waals surface area contributed by atoms with E-state index in [1.165, 1.54) is 65.8 Å². The molecule has 0 aromatic rings. The van der Waals surface area contributed by atoms with E-state index in [4.69, 9.17) is 21.9 Å². The minimum absolute atomic E-state index is 0.353. The molecule has 0 spiro atoms. The van der Waals surface area contributed by atoms with Crippen molar-refractivity contribution >= 4 is 23.3 Å². The van der Waals surface area contributed by atoms with Gasteiger partial charge in [-0.1, -0.05) is 30.4 Å². The highest BCUT2D eigenvalue weighted by Gasteiger charge is 2.47. The molecule has 7 rings (SSSR count). The van der Waals surface area contributed by atoms with Gasteiger partial charge in [0.05, 0.1) is 6.61 Å². The molecule has 0 aromatic heterocycles. The van der Waals surface area contributed by atoms with E-state index in [9.17, 15) is 0 Å². The van der Waals surface area contributed by atoms with E-state index >= 15 is 0 Å². The van der Waals surface area contributed by atoms with Crippen LogP contribution >= 0.6 is 12.2 Å². The molecule has 1 N–H and O–H groups in total. The van der Waals surface area contributed by atoms with Gasteiger partial charge in [-0.3, -0.25) is 4.99 Å². The Balaban J connectivity index is 1.21. The van der Waals surface area contributed by atoms with Crippen LogP contribution in [0.4, 0.5) is 0 Å². The van der Waals surface area contributed by atoms with Crippen molar-refractivity contribution in [3.8, 4) is 0 Å². The summed E-state index contributed by atoms with van der Waals surface area (Å²) in [4.78, 5) is 6.32. The molecular weight excluding hydrogens is 424 g/mol. The van der Waals surface area contributed by atoms with E-state index in [2.05, 4.69) is 36.7 Å². The second kappa shape index (κ2) is 8.10. The number of hydrogen-bond acceptors (Lipinski definition) is 4. The monoisotopic (exact) mass is 460 g/mol. The van der Waals surface area contributed by atoms with Crippen LogP contribution in [0.2, 0.25) is 0 Å². The van der Waals surface area contributed by atoms with Crippen molar-refractivity contribution in [2.75, 3.05) is 19.8 Å². The van der Waals surface area contributed by atoms with Gasteiger partial charge >= 0.3 is 0 Å². The van der Waals surface area contributed by atoms with Crippen LogP contribution in [0.5, 0.6) is 0 Å². The van der Waals surface area contributed by atoms with E-state index in [1.54, 1.807) is 5.57 Å². The zero-order valence-electron chi connectivity index (χ0n) is 19.8. The summed E-state index contributed by atoms with van der Waals surface area (Å²) in [5.41, 5.74) is 7.61. The van der Waals surface area contributed by atoms with Gasteiger partial charge in [0.15, 0.2) is 0 Å². The van der Waals surface area contributed by atoms with E-state index < -0.39 is 0 Å². The van der Waals surface area contributed by atoms with Gasteiger partial charge < -0.3 is 10.1 Å². The predicted octanol–water partition coefficient (Wildman–Crippen LogP) is 5.59. The van der Waals surface area contributed by atoms with Crippen molar-refractivity contribution in [2.45, 2.75) is 57.9 Å². The third kappa shape index (κ3) is 3.51. The van der Waals surface area contributed by atoms with Gasteiger partial charge in [0.1, 0.15) is 0 Å². The van der Waals surface area contributed by atoms with Crippen molar-refractivity contribution in [3.05, 3.63) is 46.2 Å². The van der Waals surface area contributed by atoms with Gasteiger partial charge in [-0.05, 0) is 104 Å². The predicted molar refractivity (Wildman–Crippen MR) is 137 cm³/mol. The van der Waals surface area contributed by atoms with Crippen LogP contribution in [0, 0.1) is 41.4 Å². The number of thiocarbonyl (C=S) groups is 1. The summed E-state index contributed by atoms with van der Waals surface area (Å²) in [7, 11) is 0. The first-order valence-corrected chi connectivity index (χ1v) is 13.8. The first kappa shape index (κ1) is 21.0. The molecule has 3 heterocycles. The summed E-state index contributed by atoms with van der Waals surface area (Å²) in [6.45, 7) is 5.23. The maximum Gasteiger partial charge on any atom is 0.0540 e. The summed E-state index contributed by atoms with van der Waals surface area (Å²) in [6, 6.07) is 0.565. The Morgan fingerprint density at radius 1 is 1.06 bits per heavy atom. The number of aliphatic imine (C=N–C) groups is 1. The maximum absolute atomic E-state index is 6.05. The summed E-state index contributed by atoms with van der Waals surface area (Å²) < 4.78 is 5.68. The van der Waals surface area contributed by atoms with Gasteiger partial charge in [-0.25, -0.2) is 0 Å². The fraction of sp³-hybridized carbons (Fsp3) is 0.655. The quantitative estimate of drug-likeness (QED) is 0.555. The molecule has 3 nitrogen and oxygen atoms in total. The van der Waals surface area contributed by atoms with Gasteiger partial charge in [0, 0.05) is 47.2 Å². The molecule has 8 atom stereocenters. The second-order valence-corrected chi connectivity index (χ2v) is 12.1. The van der Waals surface area contributed by atoms with Gasteiger partial charge in [0.2, 0.25) is 0 Å². The van der Waals surface area contributed by atoms with Gasteiger partial charge in [0.25, 0.3) is 0 Å². The molecule has 0 aromatic carbocycles. The number of nitrogens with zero attached hydrogens (tertiary/aromatic N) is 1. The van der Waals surface area contributed by atoms with Crippen LogP contribution in [-0.2, 0) is 4.74 Å². The SMILES string of the molecule is CC1=CC2CC2C2=C1C(C1=CC3CC(C(=S)[C@@H]4CCOC4)CCC3C([C@@H]3CCCN3)=C1)C=N2. The molecule has 4 aliphatic carbocycles. The molecule has 0 amide bonds. The van der Waals surface area contributed by atoms with Crippen LogP contribution < -0.4 is 5.32 Å². The average Bonchev–Trinajstić information content (AvgIpc) is 3.32. The lowest BCUT2D eigenvalue weighted by Gasteiger charge is -2.42. The van der Waals surface area contributed by atoms with Crippen LogP contribution in [0.1, 0.15) is 51.9 Å². The standard InChI is InChI=1S/C29H36N2OS/c1-16-9-19-12-23(19)28-27(16)25(14-31-28)21-11-20-10-17(29(33)18-6-8-32-15-18)4-5-22(20)24(13-21)26-3-2-7-30-26/h9,11,13-14,17-20,22-23,25-26,30H,2-8,10,12,15H2,1H3/t17?,18-,19?,20?,22?,23?,25?,26+/m1/s1. The highest BCUT2D eigenvalue weighted by Crippen LogP contribution is 2.56. The lowest BCUT2D eigenvalue weighted by molar-refractivity contribution is 0.192. The zero-order valence-corrected chi connectivity index (χ0v) is 20.6. The Labute approximate surface area is 203 Å². The molecule has 7 aliphatic rings. The third-order valence-electron chi connectivity index (χ3n) is 9.65. The molecule has 0 radical (unpaired) electrons. The zero-order chi connectivity index (χ0) is 22.1. The van der Waals surface area contributed by atoms with Crippen LogP contribution in [0.3, 0.4) is 0 Å². The smallest absolute Gasteiger partial charge is 0.0540 e. The fourth-order valence-electron chi connectivity index (χ4n) is 7.85. The van der Waals surface area contributed by atoms with Crippen molar-refractivity contribution in [1.29, 1.82) is 0 Å². The Hall–Kier alpha value is -1.36. The Kier molecular flexibility index (Phi) is 5.15. The summed E-state index contributed by atoms with van der Waals surface area (Å²) in [6.07, 6.45) is 18.9. The average molecular weight is 461 g/mol. The lowest BCUT2D eigenvalue weighted by Crippen LogP contribution is -2.38. The normalized spacial score (nSPS) is 43.5. The highest BCUT2D eigenvalue weighted by atomic mass is 32.1. The molecule has 4 fully saturated rings. The summed E-state index contributed by atoms with van der Waals surface area (Å²) >= 11 is 6.05. The number of allylic oxidation sites excluding steroid dienone is 7. The first-order valence-electron chi connectivity index (χ1n) is 13.4. The minimum atomic E-state index is 0.353. The summed E-state index contributed by atoms with van der Waals surface area (Å²) in [5.74, 6) is 4.20. The first-order chi connectivity index (χ1) is 16.2. The van der Waals surface area contributed by atoms with E-state index in [-0.39, 0.29) is 0 Å². The van der Waals surface area contributed by atoms with E-state index in [0.717, 1.165) is 32.1 Å². The minimum Gasteiger partial charge on any atom is -0.381 e. The molecule has 2 saturated heterocycles. The molecule has 33 heavy (non-hydrogen) atoms. The molecule has 6 unspecified atom stereocenters. The number of hydrogen-bond donors (Lipinski definition) is 1. The van der Waals surface area contributed by atoms with Crippen molar-refractivity contribution < 1.29 is 4.74 Å². The number of nitrogens with one attached hydrogen (secondary N) is 1. The molecule has 3 aliphatic heterocycles. The second-order valence-electron chi connectivity index (χ2n) is 11.6. The van der Waals surface area contributed by atoms with E-state index in [1.807, 2.05) is 0 Å². The molecule has 174 valence electrons. The fourth-order valence-corrected chi connectivity index (χ4v) is 8.25. The van der Waals surface area contributed by atoms with E-state index in [0.29, 0.717) is 41.5 Å². The number of ether oxygens (including phenoxy) is 1. The Morgan fingerprint density at radius 3 is 2.79 bits per heavy atom. The van der Waals surface area contributed by atoms with Crippen molar-refractivity contribution in [1.82, 2.24) is 5.32 Å². The molecule has 4 heteroatoms. The highest BCUT2D eigenvalue weighted by molar-refractivity contribution is 7.80. The number of fused-ring (bicyclic) bond motifs is 3. The lowest BCUT2D eigenvalue weighted by atomic mass is 9.64. The summed E-state index contributed by atoms with van der Waals surface area (Å²) in [5, 5.41) is 3.83. The Bertz CT molecular complexity index is 1020. The topological polar surface area (TPSA) is 33.6 Å². The molecule has 2 saturated carbocycles. The molecular formula is C29H36N2OS. The van der Waals surface area contributed by atoms with Crippen molar-refractivity contribution in [3.63, 3.8) is 0 Å². The van der Waals surface area contributed by atoms with Crippen LogP contribution in [0.25, 0.3) is 0 Å². The van der Waals surface area contributed by atoms with Gasteiger partial charge in [-0.2, -0.15) is 0 Å². The van der Waals surface area contributed by atoms with Crippen LogP contribution in [-0.4, -0.2) is 36.9 Å². The maximum atomic E-state index is 6.05. The number of rotatable bonds is 4.